The number of nitrogens with one attached hydrogen (secondary N) is 4. The number of carbonyl (C=O) groups excluding carboxylic acids is 1. The van der Waals surface area contributed by atoms with Gasteiger partial charge in [0.25, 0.3) is 15.9 Å². The van der Waals surface area contributed by atoms with Crippen molar-refractivity contribution in [2.45, 2.75) is 11.4 Å². The van der Waals surface area contributed by atoms with E-state index in [1.807, 2.05) is 12.1 Å². The number of hydrogen-bond donors (Lipinski definition) is 4. The molecule has 0 aliphatic rings. The van der Waals surface area contributed by atoms with Crippen LogP contribution in [0, 0.1) is 0 Å². The number of hydrogen-bond acceptors (Lipinski definition) is 5. The van der Waals surface area contributed by atoms with Gasteiger partial charge in [0.2, 0.25) is 0 Å². The van der Waals surface area contributed by atoms with Crippen LogP contribution in [0.1, 0.15) is 15.9 Å². The average molecular weight is 452 g/mol. The minimum atomic E-state index is -4.01. The number of aromatic nitrogens is 2. The van der Waals surface area contributed by atoms with Gasteiger partial charge < -0.3 is 20.0 Å². The molecule has 0 saturated heterocycles. The third-order valence-electron chi connectivity index (χ3n) is 4.83. The standard InChI is InChI=1S/C22H20N4O5S/c1-31-15-8-6-14(7-9-15)13-23-21(27)17-4-2-3-5-18(17)26-32(29,30)16-10-11-19-20(12-16)25-22(28)24-19/h2-12,26H,13H2,1H3,(H,23,27)(H2,24,25,28). The normalized spacial score (nSPS) is 11.3. The van der Waals surface area contributed by atoms with Crippen molar-refractivity contribution in [2.24, 2.45) is 0 Å². The highest BCUT2D eigenvalue weighted by molar-refractivity contribution is 7.92. The van der Waals surface area contributed by atoms with Gasteiger partial charge in [-0.1, -0.05) is 24.3 Å². The van der Waals surface area contributed by atoms with Gasteiger partial charge in [-0.05, 0) is 48.0 Å². The number of rotatable bonds is 7. The fourth-order valence-electron chi connectivity index (χ4n) is 3.17. The summed E-state index contributed by atoms with van der Waals surface area (Å²) in [4.78, 5) is 29.2. The minimum absolute atomic E-state index is 0.0475. The number of anilines is 1. The van der Waals surface area contributed by atoms with Gasteiger partial charge in [-0.2, -0.15) is 0 Å². The molecule has 0 aliphatic carbocycles. The summed E-state index contributed by atoms with van der Waals surface area (Å²) in [5, 5.41) is 2.79. The van der Waals surface area contributed by atoms with Gasteiger partial charge in [0, 0.05) is 6.54 Å². The topological polar surface area (TPSA) is 133 Å². The number of carbonyl (C=O) groups is 1. The molecule has 0 spiro atoms. The number of amides is 1. The van der Waals surface area contributed by atoms with Crippen molar-refractivity contribution >= 4 is 32.7 Å². The van der Waals surface area contributed by atoms with Crippen LogP contribution >= 0.6 is 0 Å². The second kappa shape index (κ2) is 8.60. The van der Waals surface area contributed by atoms with Gasteiger partial charge in [-0.25, -0.2) is 13.2 Å². The maximum atomic E-state index is 12.9. The Labute approximate surface area is 183 Å². The highest BCUT2D eigenvalue weighted by Crippen LogP contribution is 2.22. The second-order valence-electron chi connectivity index (χ2n) is 6.97. The Hall–Kier alpha value is -4.05. The van der Waals surface area contributed by atoms with Crippen molar-refractivity contribution in [2.75, 3.05) is 11.8 Å². The van der Waals surface area contributed by atoms with Crippen LogP contribution in [0.2, 0.25) is 0 Å². The van der Waals surface area contributed by atoms with E-state index in [1.165, 1.54) is 30.3 Å². The summed E-state index contributed by atoms with van der Waals surface area (Å²) < 4.78 is 33.4. The molecular weight excluding hydrogens is 432 g/mol. The summed E-state index contributed by atoms with van der Waals surface area (Å²) in [6, 6.07) is 17.8. The van der Waals surface area contributed by atoms with Crippen molar-refractivity contribution in [3.05, 3.63) is 88.3 Å². The predicted molar refractivity (Wildman–Crippen MR) is 120 cm³/mol. The summed E-state index contributed by atoms with van der Waals surface area (Å²) in [6.07, 6.45) is 0. The quantitative estimate of drug-likeness (QED) is 0.342. The molecule has 32 heavy (non-hydrogen) atoms. The van der Waals surface area contributed by atoms with E-state index in [1.54, 1.807) is 31.4 Å². The zero-order chi connectivity index (χ0) is 22.7. The van der Waals surface area contributed by atoms with Gasteiger partial charge in [-0.15, -0.1) is 0 Å². The zero-order valence-electron chi connectivity index (χ0n) is 17.0. The minimum Gasteiger partial charge on any atom is -0.497 e. The van der Waals surface area contributed by atoms with Crippen LogP contribution in [0.3, 0.4) is 0 Å². The third kappa shape index (κ3) is 4.49. The highest BCUT2D eigenvalue weighted by atomic mass is 32.2. The molecule has 1 amide bonds. The van der Waals surface area contributed by atoms with Crippen LogP contribution in [-0.2, 0) is 16.6 Å². The summed E-state index contributed by atoms with van der Waals surface area (Å²) in [5.74, 6) is 0.284. The Balaban J connectivity index is 1.53. The number of sulfonamides is 1. The molecule has 4 rings (SSSR count). The Morgan fingerprint density at radius 1 is 0.969 bits per heavy atom. The summed E-state index contributed by atoms with van der Waals surface area (Å²) in [5.41, 5.74) is 1.62. The van der Waals surface area contributed by atoms with E-state index in [2.05, 4.69) is 20.0 Å². The van der Waals surface area contributed by atoms with Crippen molar-refractivity contribution in [3.63, 3.8) is 0 Å². The molecule has 0 radical (unpaired) electrons. The van der Waals surface area contributed by atoms with Crippen LogP contribution in [-0.4, -0.2) is 31.4 Å². The summed E-state index contributed by atoms with van der Waals surface area (Å²) in [7, 11) is -2.43. The van der Waals surface area contributed by atoms with E-state index in [4.69, 9.17) is 4.74 Å². The Kier molecular flexibility index (Phi) is 5.69. The second-order valence-corrected chi connectivity index (χ2v) is 8.65. The van der Waals surface area contributed by atoms with Gasteiger partial charge in [0.1, 0.15) is 5.75 Å². The first-order valence-electron chi connectivity index (χ1n) is 9.61. The van der Waals surface area contributed by atoms with Crippen molar-refractivity contribution in [1.82, 2.24) is 15.3 Å². The largest absolute Gasteiger partial charge is 0.497 e. The molecular formula is C22H20N4O5S. The number of H-pyrrole nitrogens is 2. The SMILES string of the molecule is COc1ccc(CNC(=O)c2ccccc2NS(=O)(=O)c2ccc3[nH]c(=O)[nH]c3c2)cc1. The van der Waals surface area contributed by atoms with Gasteiger partial charge in [0.05, 0.1) is 34.3 Å². The number of benzene rings is 3. The maximum Gasteiger partial charge on any atom is 0.323 e. The van der Waals surface area contributed by atoms with Gasteiger partial charge in [-0.3, -0.25) is 9.52 Å². The molecule has 3 aromatic carbocycles. The molecule has 0 aliphatic heterocycles. The van der Waals surface area contributed by atoms with E-state index in [0.29, 0.717) is 16.8 Å². The first-order valence-corrected chi connectivity index (χ1v) is 11.1. The van der Waals surface area contributed by atoms with Crippen LogP contribution in [0.15, 0.2) is 76.4 Å². The molecule has 0 fully saturated rings. The third-order valence-corrected chi connectivity index (χ3v) is 6.19. The highest BCUT2D eigenvalue weighted by Gasteiger charge is 2.19. The first kappa shape index (κ1) is 21.2. The molecule has 4 N–H and O–H groups in total. The van der Waals surface area contributed by atoms with Gasteiger partial charge >= 0.3 is 5.69 Å². The van der Waals surface area contributed by atoms with Crippen LogP contribution < -0.4 is 20.5 Å². The molecule has 1 heterocycles. The number of aromatic amines is 2. The summed E-state index contributed by atoms with van der Waals surface area (Å²) in [6.45, 7) is 0.265. The van der Waals surface area contributed by atoms with Crippen LogP contribution in [0.4, 0.5) is 5.69 Å². The lowest BCUT2D eigenvalue weighted by Gasteiger charge is -2.13. The van der Waals surface area contributed by atoms with E-state index >= 15 is 0 Å². The maximum absolute atomic E-state index is 12.9. The van der Waals surface area contributed by atoms with Crippen molar-refractivity contribution < 1.29 is 17.9 Å². The number of fused-ring (bicyclic) bond motifs is 1. The molecule has 1 aromatic heterocycles. The Bertz CT molecular complexity index is 1440. The Morgan fingerprint density at radius 3 is 2.44 bits per heavy atom. The van der Waals surface area contributed by atoms with E-state index < -0.39 is 21.6 Å². The van der Waals surface area contributed by atoms with Gasteiger partial charge in [0.15, 0.2) is 0 Å². The Morgan fingerprint density at radius 2 is 1.69 bits per heavy atom. The van der Waals surface area contributed by atoms with Crippen molar-refractivity contribution in [3.8, 4) is 5.75 Å². The number of para-hydroxylation sites is 1. The smallest absolute Gasteiger partial charge is 0.323 e. The molecule has 9 nitrogen and oxygen atoms in total. The van der Waals surface area contributed by atoms with E-state index in [-0.39, 0.29) is 22.7 Å². The van der Waals surface area contributed by atoms with E-state index in [9.17, 15) is 18.0 Å². The predicted octanol–water partition coefficient (Wildman–Crippen LogP) is 2.60. The van der Waals surface area contributed by atoms with Crippen LogP contribution in [0.25, 0.3) is 11.0 Å². The molecule has 4 aromatic rings. The number of methoxy groups -OCH3 is 1. The fraction of sp³-hybridized carbons (Fsp3) is 0.0909. The summed E-state index contributed by atoms with van der Waals surface area (Å²) >= 11 is 0. The number of ether oxygens (including phenoxy) is 1. The monoisotopic (exact) mass is 452 g/mol. The van der Waals surface area contributed by atoms with Crippen LogP contribution in [0.5, 0.6) is 5.75 Å². The molecule has 0 unspecified atom stereocenters. The molecule has 0 saturated carbocycles. The lowest BCUT2D eigenvalue weighted by Crippen LogP contribution is -2.25. The average Bonchev–Trinajstić information content (AvgIpc) is 3.17. The molecule has 0 atom stereocenters. The lowest BCUT2D eigenvalue weighted by atomic mass is 10.1. The molecule has 0 bridgehead atoms. The van der Waals surface area contributed by atoms with Crippen molar-refractivity contribution in [1.29, 1.82) is 0 Å². The van der Waals surface area contributed by atoms with E-state index in [0.717, 1.165) is 5.56 Å². The number of imidazole rings is 1. The fourth-order valence-corrected chi connectivity index (χ4v) is 4.28. The lowest BCUT2D eigenvalue weighted by molar-refractivity contribution is 0.0952. The molecule has 10 heteroatoms. The first-order chi connectivity index (χ1) is 15.4. The zero-order valence-corrected chi connectivity index (χ0v) is 17.8. The molecule has 164 valence electrons.